The van der Waals surface area contributed by atoms with E-state index < -0.39 is 0 Å². The lowest BCUT2D eigenvalue weighted by molar-refractivity contribution is -0.114. The molecule has 102 valence electrons. The van der Waals surface area contributed by atoms with Crippen molar-refractivity contribution in [2.24, 2.45) is 0 Å². The minimum atomic E-state index is -0.217. The van der Waals surface area contributed by atoms with E-state index in [1.54, 1.807) is 48.5 Å². The number of amides is 1. The number of nitrogens with one attached hydrogen (secondary N) is 1. The molecule has 0 spiro atoms. The molecule has 0 bridgehead atoms. The van der Waals surface area contributed by atoms with Crippen LogP contribution < -0.4 is 10.1 Å². The predicted molar refractivity (Wildman–Crippen MR) is 77.2 cm³/mol. The number of hydrogen-bond acceptors (Lipinski definition) is 3. The molecule has 20 heavy (non-hydrogen) atoms. The first kappa shape index (κ1) is 13.8. The second-order valence-corrected chi connectivity index (χ2v) is 4.26. The summed E-state index contributed by atoms with van der Waals surface area (Å²) in [4.78, 5) is 23.8. The van der Waals surface area contributed by atoms with E-state index in [-0.39, 0.29) is 11.7 Å². The molecule has 0 aromatic heterocycles. The van der Waals surface area contributed by atoms with Crippen molar-refractivity contribution in [3.63, 3.8) is 0 Å². The van der Waals surface area contributed by atoms with Gasteiger partial charge in [-0.2, -0.15) is 0 Å². The van der Waals surface area contributed by atoms with Crippen molar-refractivity contribution in [3.8, 4) is 5.75 Å². The van der Waals surface area contributed by atoms with Crippen molar-refractivity contribution in [3.05, 3.63) is 59.7 Å². The second kappa shape index (κ2) is 6.02. The Morgan fingerprint density at radius 2 is 1.55 bits per heavy atom. The summed E-state index contributed by atoms with van der Waals surface area (Å²) in [5.74, 6) is 0.104. The van der Waals surface area contributed by atoms with Gasteiger partial charge in [0.25, 0.3) is 0 Å². The molecule has 0 saturated carbocycles. The third-order valence-electron chi connectivity index (χ3n) is 2.83. The number of hydrogen-bond donors (Lipinski definition) is 1. The smallest absolute Gasteiger partial charge is 0.221 e. The number of carbonyl (C=O) groups excluding carboxylic acids is 2. The summed E-state index contributed by atoms with van der Waals surface area (Å²) in [7, 11) is 1.52. The predicted octanol–water partition coefficient (Wildman–Crippen LogP) is 2.88. The van der Waals surface area contributed by atoms with E-state index >= 15 is 0 Å². The van der Waals surface area contributed by atoms with Gasteiger partial charge in [-0.25, -0.2) is 0 Å². The maximum Gasteiger partial charge on any atom is 0.221 e. The van der Waals surface area contributed by atoms with E-state index in [1.807, 2.05) is 0 Å². The molecule has 0 saturated heterocycles. The Kier molecular flexibility index (Phi) is 4.15. The Morgan fingerprint density at radius 1 is 0.950 bits per heavy atom. The number of ketones is 1. The molecule has 4 heteroatoms. The summed E-state index contributed by atoms with van der Waals surface area (Å²) in [5, 5.41) is 2.66. The van der Waals surface area contributed by atoms with Gasteiger partial charge in [0.2, 0.25) is 5.91 Å². The maximum absolute atomic E-state index is 12.6. The molecule has 1 N–H and O–H groups in total. The molecule has 2 rings (SSSR count). The number of benzene rings is 2. The van der Waals surface area contributed by atoms with Crippen molar-refractivity contribution in [2.75, 3.05) is 12.4 Å². The first-order valence-corrected chi connectivity index (χ1v) is 6.18. The topological polar surface area (TPSA) is 55.4 Å². The van der Waals surface area contributed by atoms with E-state index in [9.17, 15) is 9.59 Å². The van der Waals surface area contributed by atoms with Crippen LogP contribution in [0.15, 0.2) is 48.5 Å². The lowest BCUT2D eigenvalue weighted by Gasteiger charge is -2.11. The quantitative estimate of drug-likeness (QED) is 0.868. The van der Waals surface area contributed by atoms with Gasteiger partial charge in [-0.1, -0.05) is 24.3 Å². The molecule has 0 unspecified atom stereocenters. The molecule has 4 nitrogen and oxygen atoms in total. The molecule has 0 fully saturated rings. The van der Waals surface area contributed by atoms with Crippen molar-refractivity contribution < 1.29 is 14.3 Å². The van der Waals surface area contributed by atoms with Gasteiger partial charge in [0.15, 0.2) is 5.78 Å². The summed E-state index contributed by atoms with van der Waals surface area (Å²) >= 11 is 0. The van der Waals surface area contributed by atoms with Crippen molar-refractivity contribution >= 4 is 17.4 Å². The normalized spacial score (nSPS) is 9.90. The van der Waals surface area contributed by atoms with Crippen LogP contribution in [0.5, 0.6) is 5.75 Å². The van der Waals surface area contributed by atoms with E-state index in [0.29, 0.717) is 22.6 Å². The summed E-state index contributed by atoms with van der Waals surface area (Å²) < 4.78 is 5.20. The largest absolute Gasteiger partial charge is 0.496 e. The molecular formula is C16H15NO3. The van der Waals surface area contributed by atoms with Crippen LogP contribution in [0.3, 0.4) is 0 Å². The zero-order chi connectivity index (χ0) is 14.5. The highest BCUT2D eigenvalue weighted by atomic mass is 16.5. The number of rotatable bonds is 4. The van der Waals surface area contributed by atoms with Crippen LogP contribution in [-0.4, -0.2) is 18.8 Å². The third-order valence-corrected chi connectivity index (χ3v) is 2.83. The molecule has 2 aromatic carbocycles. The standard InChI is InChI=1S/C16H15NO3/c1-11(18)17-14-9-5-3-7-12(14)16(19)13-8-4-6-10-15(13)20-2/h3-10H,1-2H3,(H,17,18). The second-order valence-electron chi connectivity index (χ2n) is 4.26. The fourth-order valence-electron chi connectivity index (χ4n) is 1.96. The van der Waals surface area contributed by atoms with E-state index in [2.05, 4.69) is 5.32 Å². The maximum atomic E-state index is 12.6. The Balaban J connectivity index is 2.46. The molecule has 0 aliphatic rings. The average molecular weight is 269 g/mol. The van der Waals surface area contributed by atoms with Crippen LogP contribution in [0.2, 0.25) is 0 Å². The third kappa shape index (κ3) is 2.85. The fourth-order valence-corrected chi connectivity index (χ4v) is 1.96. The first-order chi connectivity index (χ1) is 9.63. The molecule has 0 aliphatic heterocycles. The lowest BCUT2D eigenvalue weighted by atomic mass is 10.0. The summed E-state index contributed by atoms with van der Waals surface area (Å²) in [6.07, 6.45) is 0. The van der Waals surface area contributed by atoms with Crippen LogP contribution in [0.25, 0.3) is 0 Å². The minimum Gasteiger partial charge on any atom is -0.496 e. The Hall–Kier alpha value is -2.62. The van der Waals surface area contributed by atoms with E-state index in [1.165, 1.54) is 14.0 Å². The van der Waals surface area contributed by atoms with Gasteiger partial charge in [-0.3, -0.25) is 9.59 Å². The Labute approximate surface area is 117 Å². The van der Waals surface area contributed by atoms with E-state index in [4.69, 9.17) is 4.74 Å². The summed E-state index contributed by atoms with van der Waals surface area (Å²) in [5.41, 5.74) is 1.40. The number of anilines is 1. The summed E-state index contributed by atoms with van der Waals surface area (Å²) in [6, 6.07) is 13.9. The number of ether oxygens (including phenoxy) is 1. The average Bonchev–Trinajstić information content (AvgIpc) is 2.46. The van der Waals surface area contributed by atoms with Crippen molar-refractivity contribution in [2.45, 2.75) is 6.92 Å². The van der Waals surface area contributed by atoms with Gasteiger partial charge in [-0.05, 0) is 24.3 Å². The first-order valence-electron chi connectivity index (χ1n) is 6.18. The van der Waals surface area contributed by atoms with Gasteiger partial charge in [0.05, 0.1) is 18.4 Å². The van der Waals surface area contributed by atoms with Gasteiger partial charge in [0.1, 0.15) is 5.75 Å². The van der Waals surface area contributed by atoms with Crippen LogP contribution in [0.4, 0.5) is 5.69 Å². The lowest BCUT2D eigenvalue weighted by Crippen LogP contribution is -2.12. The van der Waals surface area contributed by atoms with Crippen molar-refractivity contribution in [1.82, 2.24) is 0 Å². The van der Waals surface area contributed by atoms with Gasteiger partial charge >= 0.3 is 0 Å². The Bertz CT molecular complexity index is 650. The molecular weight excluding hydrogens is 254 g/mol. The highest BCUT2D eigenvalue weighted by Crippen LogP contribution is 2.24. The van der Waals surface area contributed by atoms with Crippen LogP contribution in [0.1, 0.15) is 22.8 Å². The number of carbonyl (C=O) groups is 2. The monoisotopic (exact) mass is 269 g/mol. The van der Waals surface area contributed by atoms with Crippen molar-refractivity contribution in [1.29, 1.82) is 0 Å². The zero-order valence-corrected chi connectivity index (χ0v) is 11.3. The fraction of sp³-hybridized carbons (Fsp3) is 0.125. The summed E-state index contributed by atoms with van der Waals surface area (Å²) in [6.45, 7) is 1.41. The molecule has 0 radical (unpaired) electrons. The molecule has 0 heterocycles. The van der Waals surface area contributed by atoms with Gasteiger partial charge in [-0.15, -0.1) is 0 Å². The molecule has 1 amide bonds. The Morgan fingerprint density at radius 3 is 2.20 bits per heavy atom. The van der Waals surface area contributed by atoms with E-state index in [0.717, 1.165) is 0 Å². The zero-order valence-electron chi connectivity index (χ0n) is 11.3. The molecule has 0 aliphatic carbocycles. The number of methoxy groups -OCH3 is 1. The van der Waals surface area contributed by atoms with Crippen LogP contribution in [0, 0.1) is 0 Å². The highest BCUT2D eigenvalue weighted by molar-refractivity contribution is 6.15. The molecule has 2 aromatic rings. The van der Waals surface area contributed by atoms with Gasteiger partial charge in [0, 0.05) is 12.5 Å². The van der Waals surface area contributed by atoms with Crippen LogP contribution in [-0.2, 0) is 4.79 Å². The highest BCUT2D eigenvalue weighted by Gasteiger charge is 2.17. The SMILES string of the molecule is COc1ccccc1C(=O)c1ccccc1NC(C)=O. The molecule has 0 atom stereocenters. The minimum absolute atomic E-state index is 0.188. The van der Waals surface area contributed by atoms with Crippen LogP contribution >= 0.6 is 0 Å². The van der Waals surface area contributed by atoms with Gasteiger partial charge < -0.3 is 10.1 Å². The number of para-hydroxylation sites is 2.